The van der Waals surface area contributed by atoms with Gasteiger partial charge in [0, 0.05) is 0 Å². The van der Waals surface area contributed by atoms with Crippen LogP contribution < -0.4 is 0 Å². The van der Waals surface area contributed by atoms with Crippen LogP contribution in [-0.2, 0) is 13.9 Å². The number of rotatable bonds is 3. The quantitative estimate of drug-likeness (QED) is 0.361. The zero-order chi connectivity index (χ0) is 7.49. The number of carboxylic acid groups (broad SMARTS) is 1. The van der Waals surface area contributed by atoms with E-state index < -0.39 is 20.4 Å². The molecule has 68 valence electrons. The molecular formula is C2H12Ca3NaO6P. The summed E-state index contributed by atoms with van der Waals surface area (Å²) < 4.78 is 13.3. The van der Waals surface area contributed by atoms with Crippen LogP contribution in [0.2, 0.25) is 0 Å². The van der Waals surface area contributed by atoms with Crippen LogP contribution in [0.1, 0.15) is 0 Å². The Bertz CT molecular complexity index is 160. The minimum absolute atomic E-state index is 0. The fourth-order valence-corrected chi connectivity index (χ4v) is 0.418. The van der Waals surface area contributed by atoms with E-state index in [0.717, 1.165) is 0 Å². The van der Waals surface area contributed by atoms with E-state index >= 15 is 0 Å². The van der Waals surface area contributed by atoms with E-state index in [4.69, 9.17) is 14.9 Å². The van der Waals surface area contributed by atoms with Crippen molar-refractivity contribution in [2.45, 2.75) is 0 Å². The summed E-state index contributed by atoms with van der Waals surface area (Å²) >= 11 is 0. The fourth-order valence-electron chi connectivity index (χ4n) is 0.139. The second-order valence-corrected chi connectivity index (χ2v) is 2.40. The molecule has 0 aliphatic carbocycles. The van der Waals surface area contributed by atoms with Crippen molar-refractivity contribution in [2.24, 2.45) is 0 Å². The Morgan fingerprint density at radius 3 is 1.62 bits per heavy atom. The number of phosphoric acid groups is 1. The third-order valence-corrected chi connectivity index (χ3v) is 0.822. The van der Waals surface area contributed by atoms with Gasteiger partial charge in [0.2, 0.25) is 0 Å². The summed E-state index contributed by atoms with van der Waals surface area (Å²) in [5, 5.41) is 7.81. The number of hydrogen-bond acceptors (Lipinski definition) is 3. The maximum atomic E-state index is 9.74. The maximum absolute atomic E-state index is 9.74. The van der Waals surface area contributed by atoms with Crippen LogP contribution in [0.4, 0.5) is 0 Å². The van der Waals surface area contributed by atoms with E-state index in [0.29, 0.717) is 0 Å². The Kier molecular flexibility index (Phi) is 38.3. The third kappa shape index (κ3) is 31.4. The van der Waals surface area contributed by atoms with E-state index in [1.54, 1.807) is 0 Å². The molecule has 0 aromatic heterocycles. The molecule has 13 heavy (non-hydrogen) atoms. The van der Waals surface area contributed by atoms with E-state index in [1.165, 1.54) is 0 Å². The fraction of sp³-hybridized carbons (Fsp3) is 0.500. The van der Waals surface area contributed by atoms with Crippen molar-refractivity contribution >= 4 is 157 Å². The van der Waals surface area contributed by atoms with Gasteiger partial charge in [-0.1, -0.05) is 0 Å². The zero-order valence-electron chi connectivity index (χ0n) is 4.22. The van der Waals surface area contributed by atoms with Crippen molar-refractivity contribution in [3.8, 4) is 0 Å². The number of carboxylic acids is 1. The summed E-state index contributed by atoms with van der Waals surface area (Å²) in [6.07, 6.45) is 0. The average molecular weight is 306 g/mol. The topological polar surface area (TPSA) is 104 Å². The number of aliphatic carboxylic acids is 1. The summed E-state index contributed by atoms with van der Waals surface area (Å²) in [7, 11) is -4.60. The predicted molar refractivity (Wildman–Crippen MR) is 58.4 cm³/mol. The third-order valence-electron chi connectivity index (χ3n) is 0.356. The Labute approximate surface area is 187 Å². The Morgan fingerprint density at radius 2 is 1.54 bits per heavy atom. The molecule has 0 heterocycles. The zero-order valence-corrected chi connectivity index (χ0v) is 5.12. The molecule has 0 saturated heterocycles. The Balaban J connectivity index is -0.0000000533. The van der Waals surface area contributed by atoms with E-state index in [2.05, 4.69) is 4.52 Å². The summed E-state index contributed by atoms with van der Waals surface area (Å²) in [4.78, 5) is 25.4. The Hall–Kier alpha value is 4.36. The normalized spacial score (nSPS) is 7.85. The number of hydrogen-bond donors (Lipinski definition) is 3. The van der Waals surface area contributed by atoms with Crippen LogP contribution >= 0.6 is 7.82 Å². The first-order chi connectivity index (χ1) is 3.92. The average Bonchev–Trinajstić information content (AvgIpc) is 1.59. The molecule has 0 bridgehead atoms. The van der Waals surface area contributed by atoms with Crippen LogP contribution in [0.25, 0.3) is 0 Å². The molecule has 0 radical (unpaired) electrons. The molecule has 0 spiro atoms. The van der Waals surface area contributed by atoms with Crippen molar-refractivity contribution in [1.29, 1.82) is 0 Å². The first-order valence-electron chi connectivity index (χ1n) is 1.84. The monoisotopic (exact) mass is 306 g/mol. The van der Waals surface area contributed by atoms with Crippen LogP contribution in [-0.4, -0.2) is 170 Å². The van der Waals surface area contributed by atoms with Crippen LogP contribution in [0.15, 0.2) is 0 Å². The molecule has 0 atom stereocenters. The predicted octanol–water partition coefficient (Wildman–Crippen LogP) is -4.22. The van der Waals surface area contributed by atoms with E-state index in [1.807, 2.05) is 0 Å². The molecule has 0 saturated carbocycles. The van der Waals surface area contributed by atoms with Crippen molar-refractivity contribution < 1.29 is 28.8 Å². The van der Waals surface area contributed by atoms with Gasteiger partial charge in [0.15, 0.2) is 6.61 Å². The van der Waals surface area contributed by atoms with Gasteiger partial charge in [0.05, 0.1) is 0 Å². The van der Waals surface area contributed by atoms with Gasteiger partial charge in [-0.25, -0.2) is 9.36 Å². The molecule has 0 amide bonds. The van der Waals surface area contributed by atoms with Gasteiger partial charge in [0.1, 0.15) is 0 Å². The van der Waals surface area contributed by atoms with Gasteiger partial charge in [0.25, 0.3) is 0 Å². The molecule has 0 aromatic rings. The van der Waals surface area contributed by atoms with E-state index in [9.17, 15) is 9.36 Å². The van der Waals surface area contributed by atoms with Crippen molar-refractivity contribution in [1.82, 2.24) is 0 Å². The van der Waals surface area contributed by atoms with Gasteiger partial charge in [-0.05, 0) is 0 Å². The second kappa shape index (κ2) is 16.4. The Morgan fingerprint density at radius 1 is 1.23 bits per heavy atom. The molecular weight excluding hydrogens is 294 g/mol. The second-order valence-electron chi connectivity index (χ2n) is 1.16. The van der Waals surface area contributed by atoms with E-state index in [-0.39, 0.29) is 143 Å². The summed E-state index contributed by atoms with van der Waals surface area (Å²) in [5.74, 6) is -1.42. The number of phosphoric ester groups is 1. The molecule has 0 rings (SSSR count). The molecule has 11 heteroatoms. The standard InChI is InChI=1S/C2H5O6P.3Ca.Na.7H/c3-2(4)1-8-9(5,6)7;;;;;;;;;;;/h1H2,(H,3,4)(H2,5,6,7);;;;;;;;;;;. The molecule has 0 aromatic carbocycles. The van der Waals surface area contributed by atoms with Crippen LogP contribution in [0, 0.1) is 0 Å². The molecule has 0 aliphatic heterocycles. The van der Waals surface area contributed by atoms with Gasteiger partial charge >= 0.3 is 157 Å². The summed E-state index contributed by atoms with van der Waals surface area (Å²) in [5.41, 5.74) is 0. The molecule has 3 N–H and O–H groups in total. The number of carbonyl (C=O) groups is 1. The first kappa shape index (κ1) is 30.4. The minimum atomic E-state index is -4.60. The van der Waals surface area contributed by atoms with Crippen molar-refractivity contribution in [3.05, 3.63) is 0 Å². The van der Waals surface area contributed by atoms with Crippen LogP contribution in [0.3, 0.4) is 0 Å². The molecule has 6 nitrogen and oxygen atoms in total. The van der Waals surface area contributed by atoms with Gasteiger partial charge in [-0.15, -0.1) is 0 Å². The molecule has 0 fully saturated rings. The SMILES string of the molecule is O=C(O)COP(=O)(O)O.[CaH2].[CaH2].[CaH2].[NaH]. The summed E-state index contributed by atoms with van der Waals surface area (Å²) in [6.45, 7) is -0.982. The van der Waals surface area contributed by atoms with Gasteiger partial charge < -0.3 is 14.9 Å². The van der Waals surface area contributed by atoms with Crippen molar-refractivity contribution in [3.63, 3.8) is 0 Å². The summed E-state index contributed by atoms with van der Waals surface area (Å²) in [6, 6.07) is 0. The van der Waals surface area contributed by atoms with Gasteiger partial charge in [-0.3, -0.25) is 4.52 Å². The van der Waals surface area contributed by atoms with Crippen molar-refractivity contribution in [2.75, 3.05) is 6.61 Å². The van der Waals surface area contributed by atoms with Gasteiger partial charge in [-0.2, -0.15) is 0 Å². The van der Waals surface area contributed by atoms with Crippen LogP contribution in [0.5, 0.6) is 0 Å². The molecule has 0 unspecified atom stereocenters. The molecule has 0 aliphatic rings. The first-order valence-corrected chi connectivity index (χ1v) is 3.37.